The molecule has 5 nitrogen and oxygen atoms in total. The molecule has 0 aromatic heterocycles. The van der Waals surface area contributed by atoms with Crippen LogP contribution in [0.1, 0.15) is 0 Å². The number of amidine groups is 1. The summed E-state index contributed by atoms with van der Waals surface area (Å²) in [4.78, 5) is 27.8. The molecule has 85 valence electrons. The van der Waals surface area contributed by atoms with E-state index in [1.807, 2.05) is 4.90 Å². The average Bonchev–Trinajstić information content (AvgIpc) is 2.81. The Morgan fingerprint density at radius 2 is 2.41 bits per heavy atom. The van der Waals surface area contributed by atoms with Gasteiger partial charge in [-0.1, -0.05) is 0 Å². The fourth-order valence-electron chi connectivity index (χ4n) is 1.70. The molecule has 0 aromatic carbocycles. The van der Waals surface area contributed by atoms with E-state index in [0.29, 0.717) is 5.84 Å². The van der Waals surface area contributed by atoms with E-state index in [4.69, 9.17) is 5.11 Å². The first-order valence-electron chi connectivity index (χ1n) is 4.79. The van der Waals surface area contributed by atoms with Crippen molar-refractivity contribution in [2.24, 2.45) is 10.9 Å². The van der Waals surface area contributed by atoms with Crippen LogP contribution in [0.2, 0.25) is 0 Å². The Morgan fingerprint density at radius 1 is 1.65 bits per heavy atom. The van der Waals surface area contributed by atoms with Crippen LogP contribution in [0.25, 0.3) is 0 Å². The summed E-state index contributed by atoms with van der Waals surface area (Å²) in [5.74, 6) is 1.77. The molecular weight excluding hydrogens is 251 g/mol. The molecule has 2 aliphatic heterocycles. The van der Waals surface area contributed by atoms with Crippen molar-refractivity contribution in [3.05, 3.63) is 17.8 Å². The molecule has 1 radical (unpaired) electrons. The normalized spacial score (nSPS) is 22.8. The third-order valence-electron chi connectivity index (χ3n) is 2.47. The van der Waals surface area contributed by atoms with Crippen molar-refractivity contribution in [2.45, 2.75) is 0 Å². The van der Waals surface area contributed by atoms with Crippen LogP contribution >= 0.6 is 11.8 Å². The van der Waals surface area contributed by atoms with Crippen molar-refractivity contribution >= 4 is 59.1 Å². The molecule has 7 heteroatoms. The standard InChI is InChI=1S/C10H10N2O3S.Na/c13-5-7-1-2-11-9(8(7)10(14)15)12-3-4-16-6-12;/h1-2,8H,3-4,6H2,(H,14,15);. The number of aliphatic imine (C=N–C) groups is 1. The van der Waals surface area contributed by atoms with Crippen LogP contribution < -0.4 is 0 Å². The molecule has 0 saturated carbocycles. The fraction of sp³-hybridized carbons (Fsp3) is 0.400. The first-order chi connectivity index (χ1) is 7.74. The Morgan fingerprint density at radius 3 is 2.94 bits per heavy atom. The summed E-state index contributed by atoms with van der Waals surface area (Å²) in [6.07, 6.45) is 2.86. The second-order valence-electron chi connectivity index (χ2n) is 3.43. The summed E-state index contributed by atoms with van der Waals surface area (Å²) in [6, 6.07) is 0. The van der Waals surface area contributed by atoms with E-state index in [0.717, 1.165) is 18.2 Å². The maximum absolute atomic E-state index is 11.1. The van der Waals surface area contributed by atoms with Crippen LogP contribution in [0.3, 0.4) is 0 Å². The van der Waals surface area contributed by atoms with Crippen molar-refractivity contribution in [1.29, 1.82) is 0 Å². The molecule has 0 bridgehead atoms. The zero-order valence-corrected chi connectivity index (χ0v) is 12.2. The van der Waals surface area contributed by atoms with Gasteiger partial charge >= 0.3 is 5.97 Å². The average molecular weight is 261 g/mol. The number of rotatable bonds is 1. The summed E-state index contributed by atoms with van der Waals surface area (Å²) < 4.78 is 0. The zero-order valence-electron chi connectivity index (χ0n) is 9.42. The third kappa shape index (κ3) is 3.03. The minimum atomic E-state index is -1.06. The largest absolute Gasteiger partial charge is 0.480 e. The van der Waals surface area contributed by atoms with Gasteiger partial charge in [0.15, 0.2) is 0 Å². The molecule has 0 spiro atoms. The number of carboxylic acid groups (broad SMARTS) is 1. The molecule has 1 unspecified atom stereocenters. The Hall–Kier alpha value is -0.520. The van der Waals surface area contributed by atoms with E-state index in [9.17, 15) is 9.59 Å². The summed E-state index contributed by atoms with van der Waals surface area (Å²) in [5.41, 5.74) is 0.134. The summed E-state index contributed by atoms with van der Waals surface area (Å²) >= 11 is 1.72. The number of nitrogens with zero attached hydrogens (tertiary/aromatic N) is 2. The topological polar surface area (TPSA) is 70.0 Å². The number of carbonyl (C=O) groups is 1. The van der Waals surface area contributed by atoms with Crippen LogP contribution in [-0.4, -0.2) is 75.5 Å². The maximum atomic E-state index is 11.1. The smallest absolute Gasteiger partial charge is 0.319 e. The van der Waals surface area contributed by atoms with Gasteiger partial charge in [0.25, 0.3) is 0 Å². The molecule has 1 atom stereocenters. The van der Waals surface area contributed by atoms with Crippen LogP contribution in [0.5, 0.6) is 0 Å². The minimum Gasteiger partial charge on any atom is -0.480 e. The number of hydrogen-bond donors (Lipinski definition) is 1. The van der Waals surface area contributed by atoms with Gasteiger partial charge in [0.05, 0.1) is 11.4 Å². The molecule has 1 saturated heterocycles. The first-order valence-corrected chi connectivity index (χ1v) is 5.94. The molecule has 0 aromatic rings. The minimum absolute atomic E-state index is 0. The Bertz CT molecular complexity index is 423. The molecule has 17 heavy (non-hydrogen) atoms. The quantitative estimate of drug-likeness (QED) is 0.531. The van der Waals surface area contributed by atoms with E-state index in [-0.39, 0.29) is 35.1 Å². The Kier molecular flexibility index (Phi) is 5.49. The molecule has 0 aliphatic carbocycles. The van der Waals surface area contributed by atoms with Crippen LogP contribution in [0, 0.1) is 5.92 Å². The van der Waals surface area contributed by atoms with Crippen LogP contribution in [0.15, 0.2) is 22.8 Å². The number of thioether (sulfide) groups is 1. The van der Waals surface area contributed by atoms with Gasteiger partial charge in [0, 0.05) is 48.1 Å². The number of carboxylic acids is 1. The van der Waals surface area contributed by atoms with Crippen molar-refractivity contribution in [3.63, 3.8) is 0 Å². The second-order valence-corrected chi connectivity index (χ2v) is 4.51. The van der Waals surface area contributed by atoms with Crippen LogP contribution in [0.4, 0.5) is 0 Å². The summed E-state index contributed by atoms with van der Waals surface area (Å²) in [6.45, 7) is 0.771. The maximum Gasteiger partial charge on any atom is 0.319 e. The van der Waals surface area contributed by atoms with Crippen molar-refractivity contribution in [1.82, 2.24) is 4.90 Å². The molecular formula is C10H10N2NaO3S. The molecule has 2 heterocycles. The number of carbonyl (C=O) groups excluding carboxylic acids is 1. The molecule has 1 fully saturated rings. The van der Waals surface area contributed by atoms with Gasteiger partial charge in [0.2, 0.25) is 0 Å². The van der Waals surface area contributed by atoms with Gasteiger partial charge in [-0.3, -0.25) is 4.79 Å². The molecule has 2 aliphatic rings. The first kappa shape index (κ1) is 14.5. The number of allylic oxidation sites excluding steroid dienone is 1. The molecule has 1 N–H and O–H groups in total. The van der Waals surface area contributed by atoms with Crippen molar-refractivity contribution < 1.29 is 14.7 Å². The van der Waals surface area contributed by atoms with Crippen molar-refractivity contribution in [2.75, 3.05) is 18.2 Å². The van der Waals surface area contributed by atoms with Crippen LogP contribution in [-0.2, 0) is 9.59 Å². The summed E-state index contributed by atoms with van der Waals surface area (Å²) in [5, 5.41) is 9.12. The summed E-state index contributed by atoms with van der Waals surface area (Å²) in [7, 11) is 0. The fourth-order valence-corrected chi connectivity index (χ4v) is 2.66. The van der Waals surface area contributed by atoms with Gasteiger partial charge in [-0.15, -0.1) is 11.8 Å². The van der Waals surface area contributed by atoms with Gasteiger partial charge in [-0.25, -0.2) is 9.79 Å². The van der Waals surface area contributed by atoms with E-state index in [1.165, 1.54) is 12.3 Å². The van der Waals surface area contributed by atoms with E-state index >= 15 is 0 Å². The molecule has 2 rings (SSSR count). The number of hydrogen-bond acceptors (Lipinski definition) is 5. The SMILES string of the molecule is O=C=C1C=CN=C(N2CCSC2)C1C(=O)O.[Na]. The Labute approximate surface area is 125 Å². The second kappa shape index (κ2) is 6.42. The monoisotopic (exact) mass is 261 g/mol. The van der Waals surface area contributed by atoms with Gasteiger partial charge in [-0.2, -0.15) is 0 Å². The van der Waals surface area contributed by atoms with Gasteiger partial charge < -0.3 is 10.0 Å². The van der Waals surface area contributed by atoms with E-state index in [2.05, 4.69) is 4.99 Å². The third-order valence-corrected chi connectivity index (χ3v) is 3.44. The van der Waals surface area contributed by atoms with E-state index in [1.54, 1.807) is 17.7 Å². The van der Waals surface area contributed by atoms with E-state index < -0.39 is 11.9 Å². The van der Waals surface area contributed by atoms with Crippen molar-refractivity contribution in [3.8, 4) is 0 Å². The Balaban J connectivity index is 0.00000144. The number of aliphatic carboxylic acids is 1. The van der Waals surface area contributed by atoms with Gasteiger partial charge in [-0.05, 0) is 6.08 Å². The predicted molar refractivity (Wildman–Crippen MR) is 66.7 cm³/mol. The van der Waals surface area contributed by atoms with Gasteiger partial charge in [0.1, 0.15) is 17.7 Å². The molecule has 0 amide bonds. The zero-order chi connectivity index (χ0) is 11.5. The predicted octanol–water partition coefficient (Wildman–Crippen LogP) is -0.00350.